The summed E-state index contributed by atoms with van der Waals surface area (Å²) in [5, 5.41) is 4.02. The molecule has 2 amide bonds. The van der Waals surface area contributed by atoms with Crippen LogP contribution in [0.2, 0.25) is 10.0 Å². The molecule has 0 heterocycles. The zero-order chi connectivity index (χ0) is 25.9. The van der Waals surface area contributed by atoms with Crippen LogP contribution in [0, 0.1) is 0 Å². The van der Waals surface area contributed by atoms with Gasteiger partial charge in [0.25, 0.3) is 0 Å². The Kier molecular flexibility index (Phi) is 11.2. The van der Waals surface area contributed by atoms with Gasteiger partial charge in [-0.25, -0.2) is 0 Å². The molecule has 0 aliphatic heterocycles. The third-order valence-corrected chi connectivity index (χ3v) is 7.71. The van der Waals surface area contributed by atoms with Gasteiger partial charge in [-0.15, -0.1) is 11.8 Å². The molecule has 0 aromatic heterocycles. The largest absolute Gasteiger partial charge is 0.352 e. The van der Waals surface area contributed by atoms with E-state index in [-0.39, 0.29) is 30.8 Å². The second-order valence-electron chi connectivity index (χ2n) is 8.66. The van der Waals surface area contributed by atoms with E-state index in [9.17, 15) is 9.59 Å². The van der Waals surface area contributed by atoms with Crippen molar-refractivity contribution in [2.75, 3.05) is 5.75 Å². The number of carbonyl (C=O) groups excluding carboxylic acids is 2. The predicted molar refractivity (Wildman–Crippen MR) is 151 cm³/mol. The van der Waals surface area contributed by atoms with Crippen LogP contribution in [0.25, 0.3) is 0 Å². The van der Waals surface area contributed by atoms with Crippen LogP contribution < -0.4 is 5.32 Å². The van der Waals surface area contributed by atoms with Crippen molar-refractivity contribution in [3.63, 3.8) is 0 Å². The topological polar surface area (TPSA) is 49.4 Å². The average Bonchev–Trinajstić information content (AvgIpc) is 2.88. The van der Waals surface area contributed by atoms with Crippen LogP contribution in [0.5, 0.6) is 0 Å². The van der Waals surface area contributed by atoms with Crippen molar-refractivity contribution in [3.05, 3.63) is 100 Å². The van der Waals surface area contributed by atoms with E-state index in [0.29, 0.717) is 27.8 Å². The van der Waals surface area contributed by atoms with Crippen molar-refractivity contribution in [1.29, 1.82) is 0 Å². The molecule has 0 unspecified atom stereocenters. The second-order valence-corrected chi connectivity index (χ2v) is 10.6. The Bertz CT molecular complexity index is 1110. The first kappa shape index (κ1) is 28.1. The summed E-state index contributed by atoms with van der Waals surface area (Å²) in [4.78, 5) is 30.0. The molecule has 4 nitrogen and oxygen atoms in total. The molecule has 3 aromatic rings. The monoisotopic (exact) mass is 542 g/mol. The third kappa shape index (κ3) is 8.29. The molecule has 0 bridgehead atoms. The number of benzene rings is 3. The maximum Gasteiger partial charge on any atom is 0.243 e. The highest BCUT2D eigenvalue weighted by Gasteiger charge is 2.31. The lowest BCUT2D eigenvalue weighted by Gasteiger charge is -2.33. The van der Waals surface area contributed by atoms with Gasteiger partial charge in [-0.05, 0) is 43.2 Å². The molecule has 0 radical (unpaired) electrons. The minimum atomic E-state index is -0.706. The summed E-state index contributed by atoms with van der Waals surface area (Å²) in [7, 11) is 0. The van der Waals surface area contributed by atoms with Gasteiger partial charge in [0.1, 0.15) is 6.04 Å². The van der Waals surface area contributed by atoms with Crippen LogP contribution in [0.1, 0.15) is 37.8 Å². The Morgan fingerprint density at radius 1 is 0.917 bits per heavy atom. The molecular formula is C29H32Cl2N2O2S. The van der Waals surface area contributed by atoms with Gasteiger partial charge < -0.3 is 10.2 Å². The van der Waals surface area contributed by atoms with Crippen molar-refractivity contribution < 1.29 is 9.59 Å². The number of thioether (sulfide) groups is 1. The first-order valence-electron chi connectivity index (χ1n) is 12.1. The van der Waals surface area contributed by atoms with E-state index in [1.165, 1.54) is 0 Å². The molecule has 0 fully saturated rings. The highest BCUT2D eigenvalue weighted by atomic mass is 35.5. The molecule has 1 N–H and O–H groups in total. The molecule has 0 spiro atoms. The molecular weight excluding hydrogens is 511 g/mol. The van der Waals surface area contributed by atoms with Crippen LogP contribution in [0.3, 0.4) is 0 Å². The quantitative estimate of drug-likeness (QED) is 0.250. The molecule has 0 saturated heterocycles. The fourth-order valence-corrected chi connectivity index (χ4v) is 5.14. The minimum Gasteiger partial charge on any atom is -0.352 e. The highest BCUT2D eigenvalue weighted by Crippen LogP contribution is 2.28. The normalized spacial score (nSPS) is 12.6. The lowest BCUT2D eigenvalue weighted by molar-refractivity contribution is -0.141. The highest BCUT2D eigenvalue weighted by molar-refractivity contribution is 7.99. The number of carbonyl (C=O) groups is 2. The van der Waals surface area contributed by atoms with E-state index in [4.69, 9.17) is 23.2 Å². The molecule has 7 heteroatoms. The third-order valence-electron chi connectivity index (χ3n) is 5.99. The Morgan fingerprint density at radius 2 is 1.53 bits per heavy atom. The van der Waals surface area contributed by atoms with Crippen LogP contribution >= 0.6 is 35.0 Å². The van der Waals surface area contributed by atoms with Gasteiger partial charge in [0.15, 0.2) is 0 Å². The predicted octanol–water partition coefficient (Wildman–Crippen LogP) is 7.03. The zero-order valence-corrected chi connectivity index (χ0v) is 23.0. The summed E-state index contributed by atoms with van der Waals surface area (Å²) in [6.07, 6.45) is 1.47. The van der Waals surface area contributed by atoms with Gasteiger partial charge in [-0.3, -0.25) is 9.59 Å². The van der Waals surface area contributed by atoms with Gasteiger partial charge in [0.05, 0.1) is 0 Å². The van der Waals surface area contributed by atoms with Gasteiger partial charge in [-0.2, -0.15) is 0 Å². The van der Waals surface area contributed by atoms with Crippen LogP contribution in [-0.4, -0.2) is 34.6 Å². The fourth-order valence-electron chi connectivity index (χ4n) is 3.77. The smallest absolute Gasteiger partial charge is 0.243 e. The molecule has 0 aliphatic carbocycles. The summed E-state index contributed by atoms with van der Waals surface area (Å²) < 4.78 is 0. The first-order valence-corrected chi connectivity index (χ1v) is 13.9. The van der Waals surface area contributed by atoms with Crippen molar-refractivity contribution in [2.24, 2.45) is 0 Å². The fraction of sp³-hybridized carbons (Fsp3) is 0.310. The van der Waals surface area contributed by atoms with Crippen molar-refractivity contribution in [3.8, 4) is 0 Å². The molecule has 190 valence electrons. The number of rotatable bonds is 12. The Hall–Kier alpha value is -2.47. The number of nitrogens with one attached hydrogen (secondary N) is 1. The minimum absolute atomic E-state index is 0.00902. The average molecular weight is 544 g/mol. The number of hydrogen-bond acceptors (Lipinski definition) is 3. The van der Waals surface area contributed by atoms with E-state index in [0.717, 1.165) is 16.9 Å². The first-order chi connectivity index (χ1) is 17.4. The van der Waals surface area contributed by atoms with E-state index in [1.54, 1.807) is 34.9 Å². The number of halogens is 2. The van der Waals surface area contributed by atoms with Crippen molar-refractivity contribution in [1.82, 2.24) is 10.2 Å². The Labute approximate surface area is 228 Å². The lowest BCUT2D eigenvalue weighted by Crippen LogP contribution is -2.52. The molecule has 3 rings (SSSR count). The number of amides is 2. The Morgan fingerprint density at radius 3 is 2.14 bits per heavy atom. The Balaban J connectivity index is 1.91. The SMILES string of the molecule is CC[C@@H](C)NC(=O)[C@H](Cc1ccccc1)N(Cc1c(Cl)cccc1Cl)C(=O)CCSc1ccccc1. The van der Waals surface area contributed by atoms with E-state index in [1.807, 2.05) is 74.5 Å². The number of hydrogen-bond donors (Lipinski definition) is 1. The van der Waals surface area contributed by atoms with Gasteiger partial charge in [-0.1, -0.05) is 84.7 Å². The molecule has 2 atom stereocenters. The van der Waals surface area contributed by atoms with Crippen LogP contribution in [0.15, 0.2) is 83.8 Å². The molecule has 36 heavy (non-hydrogen) atoms. The van der Waals surface area contributed by atoms with Crippen LogP contribution in [-0.2, 0) is 22.6 Å². The molecule has 3 aromatic carbocycles. The maximum atomic E-state index is 13.7. The summed E-state index contributed by atoms with van der Waals surface area (Å²) in [5.41, 5.74) is 1.61. The maximum absolute atomic E-state index is 13.7. The summed E-state index contributed by atoms with van der Waals surface area (Å²) in [6, 6.07) is 24.3. The lowest BCUT2D eigenvalue weighted by atomic mass is 10.0. The van der Waals surface area contributed by atoms with Gasteiger partial charge >= 0.3 is 0 Å². The summed E-state index contributed by atoms with van der Waals surface area (Å²) >= 11 is 14.6. The number of nitrogens with zero attached hydrogens (tertiary/aromatic N) is 1. The summed E-state index contributed by atoms with van der Waals surface area (Å²) in [6.45, 7) is 4.13. The zero-order valence-electron chi connectivity index (χ0n) is 20.6. The molecule has 0 aliphatic rings. The van der Waals surface area contributed by atoms with Gasteiger partial charge in [0.2, 0.25) is 11.8 Å². The van der Waals surface area contributed by atoms with Gasteiger partial charge in [0, 0.05) is 51.7 Å². The van der Waals surface area contributed by atoms with Crippen molar-refractivity contribution >= 4 is 46.8 Å². The molecule has 0 saturated carbocycles. The van der Waals surface area contributed by atoms with Crippen LogP contribution in [0.4, 0.5) is 0 Å². The van der Waals surface area contributed by atoms with E-state index in [2.05, 4.69) is 5.32 Å². The summed E-state index contributed by atoms with van der Waals surface area (Å²) in [5.74, 6) is 0.302. The van der Waals surface area contributed by atoms with E-state index >= 15 is 0 Å². The van der Waals surface area contributed by atoms with Crippen molar-refractivity contribution in [2.45, 2.75) is 56.6 Å². The van der Waals surface area contributed by atoms with E-state index < -0.39 is 6.04 Å². The second kappa shape index (κ2) is 14.3. The standard InChI is InChI=1S/C29H32Cl2N2O2S/c1-3-21(2)32-29(35)27(19-22-11-6-4-7-12-22)33(20-24-25(30)15-10-16-26(24)31)28(34)17-18-36-23-13-8-5-9-14-23/h4-16,21,27H,3,17-20H2,1-2H3,(H,32,35)/t21-,27+/m1/s1.